The summed E-state index contributed by atoms with van der Waals surface area (Å²) in [5, 5.41) is 9.73. The summed E-state index contributed by atoms with van der Waals surface area (Å²) in [6.07, 6.45) is 87.2. The Balaban J connectivity index is 4.17. The van der Waals surface area contributed by atoms with Gasteiger partial charge in [0, 0.05) is 12.8 Å². The largest absolute Gasteiger partial charge is 0.477 e. The van der Waals surface area contributed by atoms with Gasteiger partial charge in [-0.2, -0.15) is 0 Å². The molecule has 0 aromatic heterocycles. The summed E-state index contributed by atoms with van der Waals surface area (Å²) < 4.78 is 22.9. The van der Waals surface area contributed by atoms with Gasteiger partial charge in [0.15, 0.2) is 6.10 Å². The van der Waals surface area contributed by atoms with Gasteiger partial charge in [-0.25, -0.2) is 4.79 Å². The van der Waals surface area contributed by atoms with Crippen LogP contribution in [-0.2, 0) is 33.3 Å². The van der Waals surface area contributed by atoms with Crippen LogP contribution in [0.5, 0.6) is 0 Å². The lowest BCUT2D eigenvalue weighted by Gasteiger charge is -2.25. The second-order valence-corrected chi connectivity index (χ2v) is 23.4. The van der Waals surface area contributed by atoms with Gasteiger partial charge in [0.25, 0.3) is 6.29 Å². The van der Waals surface area contributed by atoms with E-state index in [1.54, 1.807) is 0 Å². The molecule has 0 bridgehead atoms. The number of rotatable bonds is 61. The first-order valence-corrected chi connectivity index (χ1v) is 33.7. The Hall–Kier alpha value is -4.31. The fourth-order valence-electron chi connectivity index (χ4n) is 9.10. The first-order chi connectivity index (χ1) is 40.6. The van der Waals surface area contributed by atoms with E-state index in [2.05, 4.69) is 135 Å². The highest BCUT2D eigenvalue weighted by Gasteiger charge is 2.25. The van der Waals surface area contributed by atoms with Crippen molar-refractivity contribution >= 4 is 17.9 Å². The molecule has 0 rings (SSSR count). The molecule has 0 aliphatic carbocycles. The molecule has 2 unspecified atom stereocenters. The number of aliphatic carboxylic acids is 1. The number of carboxylic acid groups (broad SMARTS) is 1. The Morgan fingerprint density at radius 3 is 1.02 bits per heavy atom. The first kappa shape index (κ1) is 78.7. The van der Waals surface area contributed by atoms with E-state index >= 15 is 0 Å². The summed E-state index contributed by atoms with van der Waals surface area (Å²) in [5.41, 5.74) is 0. The number of unbranched alkanes of at least 4 members (excludes halogenated alkanes) is 26. The normalized spacial score (nSPS) is 13.5. The van der Waals surface area contributed by atoms with E-state index in [9.17, 15) is 19.5 Å². The third-order valence-corrected chi connectivity index (χ3v) is 14.2. The van der Waals surface area contributed by atoms with Crippen molar-refractivity contribution in [1.29, 1.82) is 0 Å². The zero-order valence-corrected chi connectivity index (χ0v) is 54.1. The lowest BCUT2D eigenvalue weighted by molar-refractivity contribution is -0.870. The van der Waals surface area contributed by atoms with Gasteiger partial charge < -0.3 is 28.5 Å². The quantitative estimate of drug-likeness (QED) is 0.0211. The summed E-state index contributed by atoms with van der Waals surface area (Å²) in [7, 11) is 5.97. The van der Waals surface area contributed by atoms with Gasteiger partial charge in [-0.3, -0.25) is 9.59 Å². The van der Waals surface area contributed by atoms with Gasteiger partial charge in [-0.15, -0.1) is 0 Å². The van der Waals surface area contributed by atoms with Gasteiger partial charge in [0.2, 0.25) is 0 Å². The lowest BCUT2D eigenvalue weighted by Crippen LogP contribution is -2.40. The molecule has 0 aliphatic rings. The molecule has 1 N–H and O–H groups in total. The summed E-state index contributed by atoms with van der Waals surface area (Å²) in [6.45, 7) is 4.77. The molecule has 0 aromatic rings. The lowest BCUT2D eigenvalue weighted by atomic mass is 10.0. The van der Waals surface area contributed by atoms with Gasteiger partial charge in [0.1, 0.15) is 13.2 Å². The van der Waals surface area contributed by atoms with E-state index in [1.165, 1.54) is 128 Å². The van der Waals surface area contributed by atoms with Crippen molar-refractivity contribution in [2.75, 3.05) is 47.5 Å². The van der Waals surface area contributed by atoms with Crippen LogP contribution >= 0.6 is 0 Å². The highest BCUT2D eigenvalue weighted by Crippen LogP contribution is 2.17. The van der Waals surface area contributed by atoms with Crippen molar-refractivity contribution in [3.05, 3.63) is 122 Å². The smallest absolute Gasteiger partial charge is 0.361 e. The summed E-state index contributed by atoms with van der Waals surface area (Å²) in [5.74, 6) is -2.01. The van der Waals surface area contributed by atoms with Crippen LogP contribution in [0.1, 0.15) is 271 Å². The van der Waals surface area contributed by atoms with Crippen LogP contribution in [0.4, 0.5) is 0 Å². The number of carboxylic acids is 1. The molecule has 0 aromatic carbocycles. The zero-order valence-electron chi connectivity index (χ0n) is 54.1. The molecule has 474 valence electrons. The van der Waals surface area contributed by atoms with E-state index in [4.69, 9.17) is 18.9 Å². The molecule has 0 aliphatic heterocycles. The Kier molecular flexibility index (Phi) is 60.4. The predicted molar refractivity (Wildman–Crippen MR) is 354 cm³/mol. The van der Waals surface area contributed by atoms with Crippen molar-refractivity contribution < 1.29 is 42.9 Å². The Bertz CT molecular complexity index is 1780. The molecule has 0 saturated carbocycles. The highest BCUT2D eigenvalue weighted by atomic mass is 16.7. The topological polar surface area (TPSA) is 108 Å². The number of esters is 2. The van der Waals surface area contributed by atoms with E-state index in [0.717, 1.165) is 109 Å². The number of carbonyl (C=O) groups excluding carboxylic acids is 2. The van der Waals surface area contributed by atoms with Gasteiger partial charge in [-0.05, 0) is 89.9 Å². The van der Waals surface area contributed by atoms with E-state index in [0.29, 0.717) is 23.9 Å². The molecular formula is C74H126NO8+. The van der Waals surface area contributed by atoms with Crippen molar-refractivity contribution in [2.45, 2.75) is 283 Å². The molecule has 0 radical (unpaired) electrons. The van der Waals surface area contributed by atoms with Crippen LogP contribution < -0.4 is 0 Å². The molecule has 0 fully saturated rings. The Labute approximate surface area is 510 Å². The maximum absolute atomic E-state index is 12.9. The zero-order chi connectivity index (χ0) is 60.5. The summed E-state index contributed by atoms with van der Waals surface area (Å²) in [4.78, 5) is 37.5. The molecule has 83 heavy (non-hydrogen) atoms. The molecule has 0 saturated heterocycles. The third-order valence-electron chi connectivity index (χ3n) is 14.2. The van der Waals surface area contributed by atoms with E-state index in [1.807, 2.05) is 21.1 Å². The van der Waals surface area contributed by atoms with E-state index in [-0.39, 0.29) is 32.2 Å². The molecule has 0 amide bonds. The maximum Gasteiger partial charge on any atom is 0.361 e. The Morgan fingerprint density at radius 1 is 0.373 bits per heavy atom. The number of allylic oxidation sites excluding steroid dienone is 20. The number of carbonyl (C=O) groups is 3. The number of likely N-dealkylation sites (N-methyl/N-ethyl adjacent to an activating group) is 1. The highest BCUT2D eigenvalue weighted by molar-refractivity contribution is 5.71. The standard InChI is InChI=1S/C74H125NO8/c1-6-8-10-12-14-16-18-20-22-24-26-27-28-29-30-31-32-33-34-35-36-37-38-39-40-41-42-43-44-45-47-49-51-53-55-57-59-61-63-65-72(77)83-70(69-82-74(73(78)79)80-67-66-75(3,4)5)68-81-71(76)64-62-60-58-56-54-52-50-48-46-25-23-21-19-17-15-13-11-9-7-2/h8,10,14,16,20,22,26-27,29-30,32-33,35-36,38-39,41-42,44-45,70,74H,6-7,9,11-13,15,17-19,21,23-25,28,31,34,37,40,43,46-69H2,1-5H3/p+1/b10-8-,16-14-,22-20-,27-26-,30-29-,33-32-,36-35-,39-38-,42-41-,45-44-. The summed E-state index contributed by atoms with van der Waals surface area (Å²) in [6, 6.07) is 0. The number of hydrogen-bond donors (Lipinski definition) is 1. The molecule has 9 heteroatoms. The minimum atomic E-state index is -1.52. The van der Waals surface area contributed by atoms with Crippen LogP contribution in [0.15, 0.2) is 122 Å². The molecule has 9 nitrogen and oxygen atoms in total. The number of hydrogen-bond acceptors (Lipinski definition) is 7. The average Bonchev–Trinajstić information content (AvgIpc) is 3.46. The maximum atomic E-state index is 12.9. The van der Waals surface area contributed by atoms with Crippen LogP contribution in [0.25, 0.3) is 0 Å². The predicted octanol–water partition coefficient (Wildman–Crippen LogP) is 20.8. The molecule has 2 atom stereocenters. The van der Waals surface area contributed by atoms with Crippen molar-refractivity contribution in [3.63, 3.8) is 0 Å². The molecule has 0 spiro atoms. The van der Waals surface area contributed by atoms with Crippen LogP contribution in [0, 0.1) is 0 Å². The average molecular weight is 1160 g/mol. The second kappa shape index (κ2) is 63.7. The van der Waals surface area contributed by atoms with Crippen molar-refractivity contribution in [3.8, 4) is 0 Å². The second-order valence-electron chi connectivity index (χ2n) is 23.4. The fraction of sp³-hybridized carbons (Fsp3) is 0.689. The van der Waals surface area contributed by atoms with Gasteiger partial charge in [-0.1, -0.05) is 289 Å². The SMILES string of the molecule is CC/C=C\C/C=C\C/C=C\C/C=C\C/C=C\C/C=C\C/C=C\C/C=C\C/C=C\C/C=C\CCCCCCCCCCC(=O)OC(COC(=O)CCCCCCCCCCCCCCCCCCCCC)COC(OCC[N+](C)(C)C)C(=O)O. The number of quaternary nitrogens is 1. The fourth-order valence-corrected chi connectivity index (χ4v) is 9.10. The third kappa shape index (κ3) is 65.1. The van der Waals surface area contributed by atoms with Crippen LogP contribution in [0.2, 0.25) is 0 Å². The number of ether oxygens (including phenoxy) is 4. The molecular weight excluding hydrogens is 1030 g/mol. The van der Waals surface area contributed by atoms with Crippen LogP contribution in [0.3, 0.4) is 0 Å². The Morgan fingerprint density at radius 2 is 0.687 bits per heavy atom. The van der Waals surface area contributed by atoms with Crippen molar-refractivity contribution in [2.24, 2.45) is 0 Å². The first-order valence-electron chi connectivity index (χ1n) is 33.7. The number of nitrogens with zero attached hydrogens (tertiary/aromatic N) is 1. The van der Waals surface area contributed by atoms with Crippen molar-refractivity contribution in [1.82, 2.24) is 0 Å². The van der Waals surface area contributed by atoms with Gasteiger partial charge in [0.05, 0.1) is 34.4 Å². The monoisotopic (exact) mass is 1160 g/mol. The van der Waals surface area contributed by atoms with Gasteiger partial charge >= 0.3 is 17.9 Å². The minimum Gasteiger partial charge on any atom is -0.477 e. The van der Waals surface area contributed by atoms with E-state index < -0.39 is 24.3 Å². The molecule has 0 heterocycles. The van der Waals surface area contributed by atoms with Crippen LogP contribution in [-0.4, -0.2) is 87.4 Å². The minimum absolute atomic E-state index is 0.182. The summed E-state index contributed by atoms with van der Waals surface area (Å²) >= 11 is 0.